The van der Waals surface area contributed by atoms with E-state index in [9.17, 15) is 4.79 Å². The third-order valence-electron chi connectivity index (χ3n) is 5.41. The third-order valence-corrected chi connectivity index (χ3v) is 5.41. The monoisotopic (exact) mass is 369 g/mol. The van der Waals surface area contributed by atoms with Crippen LogP contribution in [0.3, 0.4) is 0 Å². The fourth-order valence-electron chi connectivity index (χ4n) is 3.72. The Bertz CT molecular complexity index is 733. The van der Waals surface area contributed by atoms with Crippen LogP contribution in [0.1, 0.15) is 75.7 Å². The second-order valence-electron chi connectivity index (χ2n) is 7.64. The van der Waals surface area contributed by atoms with Gasteiger partial charge in [0, 0.05) is 31.0 Å². The number of carbonyl (C=O) groups is 1. The number of aromatic nitrogens is 2. The van der Waals surface area contributed by atoms with Crippen LogP contribution in [0.4, 0.5) is 0 Å². The smallest absolute Gasteiger partial charge is 0.230 e. The Morgan fingerprint density at radius 3 is 2.70 bits per heavy atom. The Kier molecular flexibility index (Phi) is 7.02. The third kappa shape index (κ3) is 5.41. The molecule has 1 saturated heterocycles. The summed E-state index contributed by atoms with van der Waals surface area (Å²) in [4.78, 5) is 19.0. The van der Waals surface area contributed by atoms with Crippen LogP contribution in [0.5, 0.6) is 0 Å². The minimum atomic E-state index is 0.254. The van der Waals surface area contributed by atoms with Gasteiger partial charge in [-0.3, -0.25) is 4.79 Å². The van der Waals surface area contributed by atoms with Crippen LogP contribution in [-0.4, -0.2) is 34.0 Å². The maximum atomic E-state index is 12.4. The molecule has 5 nitrogen and oxygen atoms in total. The predicted molar refractivity (Wildman–Crippen MR) is 106 cm³/mol. The summed E-state index contributed by atoms with van der Waals surface area (Å²) in [6.07, 6.45) is 8.42. The number of nitrogens with zero attached hydrogens (tertiary/aromatic N) is 3. The number of likely N-dealkylation sites (tertiary alicyclic amines) is 1. The number of amides is 1. The molecule has 2 aromatic rings. The second kappa shape index (κ2) is 9.67. The first-order valence-corrected chi connectivity index (χ1v) is 10.4. The molecule has 0 aliphatic carbocycles. The van der Waals surface area contributed by atoms with Crippen LogP contribution >= 0.6 is 0 Å². The summed E-state index contributed by atoms with van der Waals surface area (Å²) in [7, 11) is 0. The average Bonchev–Trinajstić information content (AvgIpc) is 3.18. The summed E-state index contributed by atoms with van der Waals surface area (Å²) in [5, 5.41) is 4.16. The number of rotatable bonds is 8. The highest BCUT2D eigenvalue weighted by Crippen LogP contribution is 2.29. The SMILES string of the molecule is CCCCCCCC(=O)N1CCC(c2nc(-c3cccc(C)c3)no2)CC1. The zero-order chi connectivity index (χ0) is 19.1. The van der Waals surface area contributed by atoms with E-state index in [2.05, 4.69) is 36.1 Å². The number of hydrogen-bond donors (Lipinski definition) is 0. The van der Waals surface area contributed by atoms with Gasteiger partial charge in [0.1, 0.15) is 0 Å². The van der Waals surface area contributed by atoms with Crippen LogP contribution in [0.2, 0.25) is 0 Å². The molecule has 146 valence electrons. The molecule has 3 rings (SSSR count). The molecule has 2 heterocycles. The van der Waals surface area contributed by atoms with Crippen molar-refractivity contribution in [3.05, 3.63) is 35.7 Å². The van der Waals surface area contributed by atoms with Gasteiger partial charge in [0.05, 0.1) is 0 Å². The molecule has 1 aliphatic rings. The molecule has 1 aliphatic heterocycles. The van der Waals surface area contributed by atoms with E-state index >= 15 is 0 Å². The van der Waals surface area contributed by atoms with Gasteiger partial charge in [-0.2, -0.15) is 4.98 Å². The second-order valence-corrected chi connectivity index (χ2v) is 7.64. The average molecular weight is 370 g/mol. The lowest BCUT2D eigenvalue weighted by Crippen LogP contribution is -2.37. The molecule has 0 spiro atoms. The lowest BCUT2D eigenvalue weighted by molar-refractivity contribution is -0.132. The van der Waals surface area contributed by atoms with E-state index in [4.69, 9.17) is 4.52 Å². The van der Waals surface area contributed by atoms with Crippen LogP contribution in [0.25, 0.3) is 11.4 Å². The predicted octanol–water partition coefficient (Wildman–Crippen LogP) is 5.11. The highest BCUT2D eigenvalue weighted by Gasteiger charge is 2.27. The van der Waals surface area contributed by atoms with Gasteiger partial charge in [-0.25, -0.2) is 0 Å². The van der Waals surface area contributed by atoms with Crippen LogP contribution < -0.4 is 0 Å². The Hall–Kier alpha value is -2.17. The lowest BCUT2D eigenvalue weighted by atomic mass is 9.96. The Morgan fingerprint density at radius 2 is 1.96 bits per heavy atom. The van der Waals surface area contributed by atoms with Crippen molar-refractivity contribution < 1.29 is 9.32 Å². The van der Waals surface area contributed by atoms with E-state index in [0.717, 1.165) is 37.9 Å². The van der Waals surface area contributed by atoms with Gasteiger partial charge in [-0.05, 0) is 32.3 Å². The first-order chi connectivity index (χ1) is 13.2. The highest BCUT2D eigenvalue weighted by molar-refractivity contribution is 5.76. The summed E-state index contributed by atoms with van der Waals surface area (Å²) < 4.78 is 5.53. The summed E-state index contributed by atoms with van der Waals surface area (Å²) in [5.74, 6) is 1.91. The molecule has 0 atom stereocenters. The number of aryl methyl sites for hydroxylation is 1. The highest BCUT2D eigenvalue weighted by atomic mass is 16.5. The fourth-order valence-corrected chi connectivity index (χ4v) is 3.72. The maximum absolute atomic E-state index is 12.4. The zero-order valence-corrected chi connectivity index (χ0v) is 16.6. The van der Waals surface area contributed by atoms with Crippen molar-refractivity contribution in [2.45, 2.75) is 71.1 Å². The van der Waals surface area contributed by atoms with Gasteiger partial charge in [0.15, 0.2) is 0 Å². The van der Waals surface area contributed by atoms with Gasteiger partial charge in [-0.15, -0.1) is 0 Å². The molecule has 27 heavy (non-hydrogen) atoms. The Morgan fingerprint density at radius 1 is 1.19 bits per heavy atom. The summed E-state index contributed by atoms with van der Waals surface area (Å²) in [6.45, 7) is 5.85. The summed E-state index contributed by atoms with van der Waals surface area (Å²) >= 11 is 0. The molecule has 1 fully saturated rings. The normalized spacial score (nSPS) is 15.3. The standard InChI is InChI=1S/C22H31N3O2/c1-3-4-5-6-7-11-20(26)25-14-12-18(13-15-25)22-23-21(24-27-22)19-10-8-9-17(2)16-19/h8-10,16,18H,3-7,11-15H2,1-2H3. The van der Waals surface area contributed by atoms with Crippen molar-refractivity contribution in [3.63, 3.8) is 0 Å². The number of hydrogen-bond acceptors (Lipinski definition) is 4. The fraction of sp³-hybridized carbons (Fsp3) is 0.591. The number of piperidine rings is 1. The van der Waals surface area contributed by atoms with Gasteiger partial charge >= 0.3 is 0 Å². The quantitative estimate of drug-likeness (QED) is 0.607. The van der Waals surface area contributed by atoms with E-state index in [1.54, 1.807) is 0 Å². The van der Waals surface area contributed by atoms with Gasteiger partial charge in [0.25, 0.3) is 0 Å². The summed E-state index contributed by atoms with van der Waals surface area (Å²) in [5.41, 5.74) is 2.17. The van der Waals surface area contributed by atoms with E-state index in [1.807, 2.05) is 17.0 Å². The number of benzene rings is 1. The molecule has 1 amide bonds. The molecule has 0 saturated carbocycles. The van der Waals surface area contributed by atoms with Gasteiger partial charge in [0.2, 0.25) is 17.6 Å². The van der Waals surface area contributed by atoms with E-state index in [-0.39, 0.29) is 5.92 Å². The lowest BCUT2D eigenvalue weighted by Gasteiger charge is -2.30. The van der Waals surface area contributed by atoms with Crippen molar-refractivity contribution in [1.29, 1.82) is 0 Å². The molecule has 0 bridgehead atoms. The first kappa shape index (κ1) is 19.6. The summed E-state index contributed by atoms with van der Waals surface area (Å²) in [6, 6.07) is 8.13. The largest absolute Gasteiger partial charge is 0.343 e. The van der Waals surface area contributed by atoms with Crippen LogP contribution in [0.15, 0.2) is 28.8 Å². The molecule has 5 heteroatoms. The first-order valence-electron chi connectivity index (χ1n) is 10.4. The Balaban J connectivity index is 1.47. The van der Waals surface area contributed by atoms with Gasteiger partial charge in [-0.1, -0.05) is 61.5 Å². The van der Waals surface area contributed by atoms with Crippen molar-refractivity contribution in [2.24, 2.45) is 0 Å². The molecule has 0 N–H and O–H groups in total. The molecule has 0 unspecified atom stereocenters. The molecular weight excluding hydrogens is 338 g/mol. The zero-order valence-electron chi connectivity index (χ0n) is 16.6. The Labute approximate surface area is 162 Å². The van der Waals surface area contributed by atoms with Crippen molar-refractivity contribution in [1.82, 2.24) is 15.0 Å². The molecule has 0 radical (unpaired) electrons. The van der Waals surface area contributed by atoms with Crippen molar-refractivity contribution >= 4 is 5.91 Å². The van der Waals surface area contributed by atoms with E-state index in [0.29, 0.717) is 24.0 Å². The van der Waals surface area contributed by atoms with Crippen LogP contribution in [-0.2, 0) is 4.79 Å². The molecule has 1 aromatic carbocycles. The van der Waals surface area contributed by atoms with E-state index < -0.39 is 0 Å². The minimum absolute atomic E-state index is 0.254. The number of carbonyl (C=O) groups excluding carboxylic acids is 1. The van der Waals surface area contributed by atoms with E-state index in [1.165, 1.54) is 31.2 Å². The van der Waals surface area contributed by atoms with Crippen molar-refractivity contribution in [3.8, 4) is 11.4 Å². The number of unbranched alkanes of at least 4 members (excludes halogenated alkanes) is 4. The topological polar surface area (TPSA) is 59.2 Å². The molecule has 1 aromatic heterocycles. The molecular formula is C22H31N3O2. The van der Waals surface area contributed by atoms with Gasteiger partial charge < -0.3 is 9.42 Å². The maximum Gasteiger partial charge on any atom is 0.230 e. The van der Waals surface area contributed by atoms with Crippen LogP contribution in [0, 0.1) is 6.92 Å². The minimum Gasteiger partial charge on any atom is -0.343 e. The van der Waals surface area contributed by atoms with Crippen molar-refractivity contribution in [2.75, 3.05) is 13.1 Å².